The third-order valence-corrected chi connectivity index (χ3v) is 4.31. The minimum absolute atomic E-state index is 0.489. The molecule has 2 aliphatic heterocycles. The van der Waals surface area contributed by atoms with E-state index >= 15 is 0 Å². The van der Waals surface area contributed by atoms with E-state index in [4.69, 9.17) is 10.5 Å². The van der Waals surface area contributed by atoms with Crippen LogP contribution < -0.4 is 5.73 Å². The lowest BCUT2D eigenvalue weighted by Crippen LogP contribution is -2.44. The molecule has 0 aliphatic carbocycles. The highest BCUT2D eigenvalue weighted by molar-refractivity contribution is 4.89. The third kappa shape index (κ3) is 2.58. The summed E-state index contributed by atoms with van der Waals surface area (Å²) in [6.07, 6.45) is 5.35. The van der Waals surface area contributed by atoms with Crippen LogP contribution in [0.2, 0.25) is 0 Å². The molecule has 0 amide bonds. The van der Waals surface area contributed by atoms with Gasteiger partial charge in [-0.1, -0.05) is 6.92 Å². The Kier molecular flexibility index (Phi) is 4.22. The minimum atomic E-state index is 0.489. The second-order valence-electron chi connectivity index (χ2n) is 5.46. The van der Waals surface area contributed by atoms with Gasteiger partial charge in [0.2, 0.25) is 0 Å². The first-order valence-corrected chi connectivity index (χ1v) is 6.82. The summed E-state index contributed by atoms with van der Waals surface area (Å²) in [7, 11) is 0. The first-order valence-electron chi connectivity index (χ1n) is 6.82. The Bertz CT molecular complexity index is 222. The quantitative estimate of drug-likeness (QED) is 0.794. The zero-order valence-electron chi connectivity index (χ0n) is 10.7. The highest BCUT2D eigenvalue weighted by atomic mass is 16.5. The van der Waals surface area contributed by atoms with E-state index in [1.807, 2.05) is 0 Å². The van der Waals surface area contributed by atoms with Crippen molar-refractivity contribution in [1.82, 2.24) is 4.90 Å². The van der Waals surface area contributed by atoms with Crippen molar-refractivity contribution in [3.63, 3.8) is 0 Å². The molecule has 0 bridgehead atoms. The van der Waals surface area contributed by atoms with Crippen molar-refractivity contribution in [1.29, 1.82) is 0 Å². The van der Waals surface area contributed by atoms with Crippen molar-refractivity contribution in [3.8, 4) is 0 Å². The summed E-state index contributed by atoms with van der Waals surface area (Å²) in [5, 5.41) is 0. The topological polar surface area (TPSA) is 38.5 Å². The molecule has 3 heteroatoms. The zero-order chi connectivity index (χ0) is 11.5. The largest absolute Gasteiger partial charge is 0.378 e. The molecule has 0 aromatic heterocycles. The smallest absolute Gasteiger partial charge is 0.0587 e. The van der Waals surface area contributed by atoms with Gasteiger partial charge in [0, 0.05) is 25.2 Å². The maximum absolute atomic E-state index is 5.79. The molecular weight excluding hydrogens is 200 g/mol. The molecule has 94 valence electrons. The molecule has 0 aromatic rings. The average molecular weight is 226 g/mol. The predicted molar refractivity (Wildman–Crippen MR) is 66.4 cm³/mol. The molecule has 0 aromatic carbocycles. The van der Waals surface area contributed by atoms with Crippen molar-refractivity contribution >= 4 is 0 Å². The van der Waals surface area contributed by atoms with E-state index in [2.05, 4.69) is 18.7 Å². The van der Waals surface area contributed by atoms with Crippen molar-refractivity contribution in [2.24, 2.45) is 11.7 Å². The van der Waals surface area contributed by atoms with Crippen molar-refractivity contribution in [2.45, 2.75) is 57.7 Å². The Labute approximate surface area is 99.3 Å². The number of likely N-dealkylation sites (tertiary alicyclic amines) is 1. The van der Waals surface area contributed by atoms with Gasteiger partial charge >= 0.3 is 0 Å². The molecule has 0 saturated carbocycles. The highest BCUT2D eigenvalue weighted by Gasteiger charge is 2.35. The Hall–Kier alpha value is -0.120. The van der Waals surface area contributed by atoms with Crippen molar-refractivity contribution in [3.05, 3.63) is 0 Å². The number of nitrogens with zero attached hydrogens (tertiary/aromatic N) is 1. The van der Waals surface area contributed by atoms with Crippen LogP contribution in [0.5, 0.6) is 0 Å². The lowest BCUT2D eigenvalue weighted by atomic mass is 9.99. The van der Waals surface area contributed by atoms with Gasteiger partial charge in [-0.15, -0.1) is 0 Å². The molecule has 2 aliphatic rings. The van der Waals surface area contributed by atoms with E-state index in [0.29, 0.717) is 12.1 Å². The molecule has 2 heterocycles. The second kappa shape index (κ2) is 5.48. The molecule has 2 rings (SSSR count). The summed E-state index contributed by atoms with van der Waals surface area (Å²) < 4.78 is 5.75. The van der Waals surface area contributed by atoms with E-state index in [-0.39, 0.29) is 0 Å². The normalized spacial score (nSPS) is 41.4. The Morgan fingerprint density at radius 2 is 2.19 bits per heavy atom. The summed E-state index contributed by atoms with van der Waals surface area (Å²) in [4.78, 5) is 2.68. The summed E-state index contributed by atoms with van der Waals surface area (Å²) in [5.41, 5.74) is 5.79. The molecule has 2 saturated heterocycles. The molecule has 4 atom stereocenters. The number of ether oxygens (including phenoxy) is 1. The van der Waals surface area contributed by atoms with Crippen molar-refractivity contribution < 1.29 is 4.74 Å². The van der Waals surface area contributed by atoms with Gasteiger partial charge in [0.25, 0.3) is 0 Å². The molecular formula is C13H26N2O. The fourth-order valence-electron chi connectivity index (χ4n) is 3.30. The molecule has 0 radical (unpaired) electrons. The molecule has 4 unspecified atom stereocenters. The number of nitrogens with two attached hydrogens (primary N) is 1. The van der Waals surface area contributed by atoms with Gasteiger partial charge in [-0.25, -0.2) is 0 Å². The van der Waals surface area contributed by atoms with Crippen LogP contribution in [0.4, 0.5) is 0 Å². The van der Waals surface area contributed by atoms with Gasteiger partial charge in [-0.2, -0.15) is 0 Å². The first kappa shape index (κ1) is 12.3. The molecule has 2 fully saturated rings. The van der Waals surface area contributed by atoms with Crippen LogP contribution in [0.15, 0.2) is 0 Å². The predicted octanol–water partition coefficient (Wildman–Crippen LogP) is 1.61. The van der Waals surface area contributed by atoms with Crippen LogP contribution in [-0.2, 0) is 4.74 Å². The Morgan fingerprint density at radius 3 is 2.81 bits per heavy atom. The van der Waals surface area contributed by atoms with E-state index in [1.54, 1.807) is 0 Å². The number of hydrogen-bond donors (Lipinski definition) is 1. The summed E-state index contributed by atoms with van der Waals surface area (Å²) in [6, 6.07) is 1.46. The summed E-state index contributed by atoms with van der Waals surface area (Å²) in [5.74, 6) is 0.720. The lowest BCUT2D eigenvalue weighted by Gasteiger charge is -2.37. The van der Waals surface area contributed by atoms with Gasteiger partial charge in [-0.3, -0.25) is 4.90 Å². The maximum atomic E-state index is 5.79. The van der Waals surface area contributed by atoms with Gasteiger partial charge < -0.3 is 10.5 Å². The molecule has 0 spiro atoms. The van der Waals surface area contributed by atoms with Crippen molar-refractivity contribution in [2.75, 3.05) is 19.7 Å². The monoisotopic (exact) mass is 226 g/mol. The maximum Gasteiger partial charge on any atom is 0.0587 e. The van der Waals surface area contributed by atoms with Crippen LogP contribution in [0.3, 0.4) is 0 Å². The van der Waals surface area contributed by atoms with E-state index in [1.165, 1.54) is 25.8 Å². The fraction of sp³-hybridized carbons (Fsp3) is 1.00. The SMILES string of the molecule is CCC1CC(N2CC(CN)CC2C)CCO1. The summed E-state index contributed by atoms with van der Waals surface area (Å²) in [6.45, 7) is 7.58. The third-order valence-electron chi connectivity index (χ3n) is 4.31. The second-order valence-corrected chi connectivity index (χ2v) is 5.46. The Balaban J connectivity index is 1.91. The Morgan fingerprint density at radius 1 is 1.38 bits per heavy atom. The summed E-state index contributed by atoms with van der Waals surface area (Å²) >= 11 is 0. The number of hydrogen-bond acceptors (Lipinski definition) is 3. The van der Waals surface area contributed by atoms with Crippen LogP contribution in [0.25, 0.3) is 0 Å². The van der Waals surface area contributed by atoms with Gasteiger partial charge in [0.15, 0.2) is 0 Å². The highest BCUT2D eigenvalue weighted by Crippen LogP contribution is 2.30. The fourth-order valence-corrected chi connectivity index (χ4v) is 3.30. The van der Waals surface area contributed by atoms with Crippen LogP contribution >= 0.6 is 0 Å². The van der Waals surface area contributed by atoms with Crippen LogP contribution in [0.1, 0.15) is 39.5 Å². The standard InChI is InChI=1S/C13H26N2O/c1-3-13-7-12(4-5-16-13)15-9-11(8-14)6-10(15)2/h10-13H,3-9,14H2,1-2H3. The van der Waals surface area contributed by atoms with E-state index in [9.17, 15) is 0 Å². The lowest BCUT2D eigenvalue weighted by molar-refractivity contribution is -0.0302. The zero-order valence-corrected chi connectivity index (χ0v) is 10.7. The average Bonchev–Trinajstić information content (AvgIpc) is 2.71. The van der Waals surface area contributed by atoms with Gasteiger partial charge in [-0.05, 0) is 45.1 Å². The molecule has 2 N–H and O–H groups in total. The first-order chi connectivity index (χ1) is 7.74. The van der Waals surface area contributed by atoms with Crippen LogP contribution in [-0.4, -0.2) is 42.8 Å². The van der Waals surface area contributed by atoms with Gasteiger partial charge in [0.05, 0.1) is 6.10 Å². The number of rotatable bonds is 3. The van der Waals surface area contributed by atoms with Gasteiger partial charge in [0.1, 0.15) is 0 Å². The molecule has 3 nitrogen and oxygen atoms in total. The minimum Gasteiger partial charge on any atom is -0.378 e. The van der Waals surface area contributed by atoms with E-state index in [0.717, 1.165) is 31.5 Å². The van der Waals surface area contributed by atoms with Crippen LogP contribution in [0, 0.1) is 5.92 Å². The molecule has 16 heavy (non-hydrogen) atoms. The van der Waals surface area contributed by atoms with E-state index < -0.39 is 0 Å².